The number of nitrogens with zero attached hydrogens (tertiary/aromatic N) is 4. The largest absolute Gasteiger partial charge is 0.342 e. The average molecular weight is 421 g/mol. The highest BCUT2D eigenvalue weighted by Crippen LogP contribution is 2.30. The summed E-state index contributed by atoms with van der Waals surface area (Å²) in [5.74, 6) is 0.855. The molecule has 0 unspecified atom stereocenters. The summed E-state index contributed by atoms with van der Waals surface area (Å²) < 4.78 is 15.7. The smallest absolute Gasteiger partial charge is 0.206 e. The molecule has 2 aliphatic rings. The summed E-state index contributed by atoms with van der Waals surface area (Å²) >= 11 is 0. The molecule has 0 bridgehead atoms. The number of aromatic nitrogens is 2. The number of fused-ring (bicyclic) bond motifs is 1. The third kappa shape index (κ3) is 4.33. The monoisotopic (exact) mass is 420 g/mol. The van der Waals surface area contributed by atoms with Gasteiger partial charge in [0, 0.05) is 25.2 Å². The van der Waals surface area contributed by atoms with Crippen molar-refractivity contribution >= 4 is 17.0 Å². The molecule has 1 aliphatic heterocycles. The number of rotatable bonds is 5. The van der Waals surface area contributed by atoms with Crippen molar-refractivity contribution in [3.8, 4) is 0 Å². The molecule has 2 fully saturated rings. The summed E-state index contributed by atoms with van der Waals surface area (Å²) in [6.45, 7) is 2.78. The van der Waals surface area contributed by atoms with Crippen LogP contribution in [0.5, 0.6) is 0 Å². The molecular formula is C26H33FN4. The van der Waals surface area contributed by atoms with Crippen LogP contribution < -0.4 is 4.90 Å². The van der Waals surface area contributed by atoms with Gasteiger partial charge in [0.2, 0.25) is 5.95 Å². The molecule has 1 aromatic heterocycles. The van der Waals surface area contributed by atoms with Gasteiger partial charge in [-0.05, 0) is 62.6 Å². The molecule has 1 saturated heterocycles. The van der Waals surface area contributed by atoms with Crippen LogP contribution in [0.4, 0.5) is 10.3 Å². The molecule has 5 heteroatoms. The normalized spacial score (nSPS) is 18.9. The van der Waals surface area contributed by atoms with Crippen molar-refractivity contribution in [1.82, 2.24) is 14.5 Å². The van der Waals surface area contributed by atoms with E-state index in [0.717, 1.165) is 41.7 Å². The summed E-state index contributed by atoms with van der Waals surface area (Å²) in [6, 6.07) is 16.6. The number of para-hydroxylation sites is 2. The van der Waals surface area contributed by atoms with Gasteiger partial charge in [-0.3, -0.25) is 0 Å². The van der Waals surface area contributed by atoms with Crippen LogP contribution in [0.25, 0.3) is 11.0 Å². The zero-order chi connectivity index (χ0) is 21.2. The fraction of sp³-hybridized carbons (Fsp3) is 0.500. The maximum atomic E-state index is 13.4. The molecule has 0 atom stereocenters. The highest BCUT2D eigenvalue weighted by molar-refractivity contribution is 5.79. The Morgan fingerprint density at radius 1 is 0.903 bits per heavy atom. The number of halogens is 1. The Balaban J connectivity index is 1.35. The van der Waals surface area contributed by atoms with Gasteiger partial charge in [-0.2, -0.15) is 0 Å². The Labute approximate surface area is 184 Å². The van der Waals surface area contributed by atoms with Gasteiger partial charge in [-0.15, -0.1) is 0 Å². The lowest BCUT2D eigenvalue weighted by Crippen LogP contribution is -2.48. The van der Waals surface area contributed by atoms with Crippen molar-refractivity contribution in [3.63, 3.8) is 0 Å². The second-order valence-electron chi connectivity index (χ2n) is 9.29. The number of piperidine rings is 1. The Morgan fingerprint density at radius 3 is 2.32 bits per heavy atom. The molecule has 1 saturated carbocycles. The molecule has 0 spiro atoms. The van der Waals surface area contributed by atoms with Crippen LogP contribution in [0.15, 0.2) is 48.5 Å². The van der Waals surface area contributed by atoms with Crippen molar-refractivity contribution in [3.05, 3.63) is 59.9 Å². The fourth-order valence-corrected chi connectivity index (χ4v) is 5.49. The van der Waals surface area contributed by atoms with Crippen LogP contribution in [0.2, 0.25) is 0 Å². The zero-order valence-electron chi connectivity index (χ0n) is 18.5. The lowest BCUT2D eigenvalue weighted by atomic mass is 9.92. The van der Waals surface area contributed by atoms with Crippen LogP contribution in [0.3, 0.4) is 0 Å². The topological polar surface area (TPSA) is 24.3 Å². The number of hydrogen-bond acceptors (Lipinski definition) is 3. The van der Waals surface area contributed by atoms with Crippen molar-refractivity contribution in [2.75, 3.05) is 25.0 Å². The summed E-state index contributed by atoms with van der Waals surface area (Å²) in [5, 5.41) is 0. The molecule has 0 N–H and O–H groups in total. The van der Waals surface area contributed by atoms with Crippen molar-refractivity contribution < 1.29 is 4.39 Å². The standard InChI is InChI=1S/C26H33FN4/c1-29(22-7-3-2-4-8-22)23-15-17-30(18-16-23)26-28-24-9-5-6-10-25(24)31(26)19-20-11-13-21(27)14-12-20/h5-6,9-14,22-23H,2-4,7-8,15-19H2,1H3. The van der Waals surface area contributed by atoms with E-state index in [1.54, 1.807) is 12.1 Å². The van der Waals surface area contributed by atoms with Crippen LogP contribution in [-0.4, -0.2) is 46.7 Å². The molecule has 0 radical (unpaired) electrons. The molecule has 2 heterocycles. The maximum absolute atomic E-state index is 13.4. The molecule has 164 valence electrons. The first-order valence-corrected chi connectivity index (χ1v) is 11.9. The first-order chi connectivity index (χ1) is 15.2. The number of imidazole rings is 1. The van der Waals surface area contributed by atoms with Crippen molar-refractivity contribution in [2.45, 2.75) is 63.6 Å². The van der Waals surface area contributed by atoms with Crippen LogP contribution >= 0.6 is 0 Å². The van der Waals surface area contributed by atoms with E-state index >= 15 is 0 Å². The number of benzene rings is 2. The predicted molar refractivity (Wildman–Crippen MR) is 125 cm³/mol. The molecule has 3 aromatic rings. The number of anilines is 1. The lowest BCUT2D eigenvalue weighted by Gasteiger charge is -2.42. The maximum Gasteiger partial charge on any atom is 0.206 e. The minimum atomic E-state index is -0.191. The summed E-state index contributed by atoms with van der Waals surface area (Å²) in [6.07, 6.45) is 9.30. The Morgan fingerprint density at radius 2 is 1.58 bits per heavy atom. The first-order valence-electron chi connectivity index (χ1n) is 11.9. The van der Waals surface area contributed by atoms with Gasteiger partial charge >= 0.3 is 0 Å². The van der Waals surface area contributed by atoms with Gasteiger partial charge in [0.1, 0.15) is 5.82 Å². The third-order valence-corrected chi connectivity index (χ3v) is 7.36. The average Bonchev–Trinajstić information content (AvgIpc) is 3.19. The Hall–Kier alpha value is -2.40. The zero-order valence-corrected chi connectivity index (χ0v) is 18.5. The molecular weight excluding hydrogens is 387 g/mol. The molecule has 0 amide bonds. The quantitative estimate of drug-likeness (QED) is 0.548. The second-order valence-corrected chi connectivity index (χ2v) is 9.29. The second kappa shape index (κ2) is 8.99. The van der Waals surface area contributed by atoms with Crippen molar-refractivity contribution in [2.24, 2.45) is 0 Å². The molecule has 4 nitrogen and oxygen atoms in total. The molecule has 5 rings (SSSR count). The van der Waals surface area contributed by atoms with E-state index in [4.69, 9.17) is 4.98 Å². The molecule has 2 aromatic carbocycles. The third-order valence-electron chi connectivity index (χ3n) is 7.36. The summed E-state index contributed by atoms with van der Waals surface area (Å²) in [5.41, 5.74) is 3.27. The Kier molecular flexibility index (Phi) is 5.95. The van der Waals surface area contributed by atoms with E-state index in [-0.39, 0.29) is 5.82 Å². The van der Waals surface area contributed by atoms with Crippen LogP contribution in [-0.2, 0) is 6.54 Å². The van der Waals surface area contributed by atoms with E-state index in [0.29, 0.717) is 12.6 Å². The van der Waals surface area contributed by atoms with Gasteiger partial charge < -0.3 is 14.4 Å². The highest BCUT2D eigenvalue weighted by Gasteiger charge is 2.29. The van der Waals surface area contributed by atoms with Gasteiger partial charge in [-0.25, -0.2) is 9.37 Å². The lowest BCUT2D eigenvalue weighted by molar-refractivity contribution is 0.119. The predicted octanol–water partition coefficient (Wildman–Crippen LogP) is 5.46. The highest BCUT2D eigenvalue weighted by atomic mass is 19.1. The summed E-state index contributed by atoms with van der Waals surface area (Å²) in [4.78, 5) is 10.1. The van der Waals surface area contributed by atoms with E-state index in [1.165, 1.54) is 44.9 Å². The SMILES string of the molecule is CN(C1CCCCC1)C1CCN(c2nc3ccccc3n2Cc2ccc(F)cc2)CC1. The van der Waals surface area contributed by atoms with Gasteiger partial charge in [0.25, 0.3) is 0 Å². The summed E-state index contributed by atoms with van der Waals surface area (Å²) in [7, 11) is 2.35. The fourth-order valence-electron chi connectivity index (χ4n) is 5.49. The van der Waals surface area contributed by atoms with Crippen molar-refractivity contribution in [1.29, 1.82) is 0 Å². The van der Waals surface area contributed by atoms with Crippen LogP contribution in [0.1, 0.15) is 50.5 Å². The molecule has 31 heavy (non-hydrogen) atoms. The van der Waals surface area contributed by atoms with Gasteiger partial charge in [0.15, 0.2) is 0 Å². The minimum Gasteiger partial charge on any atom is -0.342 e. The van der Waals surface area contributed by atoms with Gasteiger partial charge in [-0.1, -0.05) is 43.5 Å². The van der Waals surface area contributed by atoms with E-state index in [1.807, 2.05) is 18.2 Å². The van der Waals surface area contributed by atoms with Crippen LogP contribution in [0, 0.1) is 5.82 Å². The minimum absolute atomic E-state index is 0.191. The van der Waals surface area contributed by atoms with E-state index in [2.05, 4.69) is 39.6 Å². The molecule has 1 aliphatic carbocycles. The van der Waals surface area contributed by atoms with E-state index < -0.39 is 0 Å². The van der Waals surface area contributed by atoms with Gasteiger partial charge in [0.05, 0.1) is 17.6 Å². The number of hydrogen-bond donors (Lipinski definition) is 0. The Bertz CT molecular complexity index is 998. The van der Waals surface area contributed by atoms with E-state index in [9.17, 15) is 4.39 Å². The first kappa shape index (κ1) is 20.5.